The van der Waals surface area contributed by atoms with Crippen molar-refractivity contribution < 1.29 is 18.0 Å². The molecule has 0 radical (unpaired) electrons. The summed E-state index contributed by atoms with van der Waals surface area (Å²) in [5, 5.41) is 0. The number of fused-ring (bicyclic) bond motifs is 1. The summed E-state index contributed by atoms with van der Waals surface area (Å²) in [6.45, 7) is 1.05. The number of aromatic amines is 1. The number of carbonyl (C=O) groups excluding carboxylic acids is 1. The molecule has 0 aliphatic carbocycles. The van der Waals surface area contributed by atoms with Crippen LogP contribution >= 0.6 is 0 Å². The molecule has 1 N–H and O–H groups in total. The van der Waals surface area contributed by atoms with E-state index in [0.29, 0.717) is 24.5 Å². The zero-order chi connectivity index (χ0) is 19.0. The van der Waals surface area contributed by atoms with Gasteiger partial charge < -0.3 is 9.88 Å². The smallest absolute Gasteiger partial charge is 0.341 e. The fraction of sp³-hybridized carbons (Fsp3) is 0.200. The molecule has 3 aromatic rings. The second-order valence-corrected chi connectivity index (χ2v) is 6.47. The zero-order valence-corrected chi connectivity index (χ0v) is 14.3. The quantitative estimate of drug-likeness (QED) is 0.730. The van der Waals surface area contributed by atoms with E-state index in [1.807, 2.05) is 18.2 Å². The molecule has 2 heterocycles. The maximum atomic E-state index is 12.7. The fourth-order valence-electron chi connectivity index (χ4n) is 3.29. The van der Waals surface area contributed by atoms with Crippen molar-refractivity contribution in [2.24, 2.45) is 0 Å². The van der Waals surface area contributed by atoms with Crippen molar-refractivity contribution in [1.29, 1.82) is 0 Å². The molecule has 1 aliphatic heterocycles. The minimum atomic E-state index is -4.35. The Morgan fingerprint density at radius 2 is 1.78 bits per heavy atom. The summed E-state index contributed by atoms with van der Waals surface area (Å²) in [6, 6.07) is 10.9. The lowest BCUT2D eigenvalue weighted by atomic mass is 9.94. The van der Waals surface area contributed by atoms with E-state index in [9.17, 15) is 18.0 Å². The standard InChI is InChI=1S/C20H16F3N3O/c21-20(22,23)17-5-3-13(4-6-17)15-2-1-14-7-10-26(12-16(14)11-15)19(27)18-24-8-9-25-18/h1-6,8-9,11H,7,10,12H2,(H,24,25). The van der Waals surface area contributed by atoms with Crippen molar-refractivity contribution in [2.75, 3.05) is 6.54 Å². The van der Waals surface area contributed by atoms with Gasteiger partial charge in [0.15, 0.2) is 5.82 Å². The number of benzene rings is 2. The van der Waals surface area contributed by atoms with Gasteiger partial charge in [-0.25, -0.2) is 4.98 Å². The first-order valence-corrected chi connectivity index (χ1v) is 8.50. The molecule has 0 fully saturated rings. The summed E-state index contributed by atoms with van der Waals surface area (Å²) in [7, 11) is 0. The lowest BCUT2D eigenvalue weighted by molar-refractivity contribution is -0.137. The number of nitrogens with zero attached hydrogens (tertiary/aromatic N) is 2. The van der Waals surface area contributed by atoms with Gasteiger partial charge >= 0.3 is 6.18 Å². The van der Waals surface area contributed by atoms with Gasteiger partial charge in [0.2, 0.25) is 0 Å². The summed E-state index contributed by atoms with van der Waals surface area (Å²) < 4.78 is 38.2. The molecule has 0 saturated carbocycles. The van der Waals surface area contributed by atoms with Crippen molar-refractivity contribution >= 4 is 5.91 Å². The molecule has 1 aliphatic rings. The number of hydrogen-bond donors (Lipinski definition) is 1. The minimum absolute atomic E-state index is 0.161. The lowest BCUT2D eigenvalue weighted by Crippen LogP contribution is -2.36. The number of aromatic nitrogens is 2. The summed E-state index contributed by atoms with van der Waals surface area (Å²) >= 11 is 0. The maximum absolute atomic E-state index is 12.7. The molecule has 0 bridgehead atoms. The number of carbonyl (C=O) groups is 1. The molecule has 0 atom stereocenters. The van der Waals surface area contributed by atoms with Crippen molar-refractivity contribution in [3.8, 4) is 11.1 Å². The first-order chi connectivity index (χ1) is 12.9. The van der Waals surface area contributed by atoms with Gasteiger partial charge in [0.25, 0.3) is 5.91 Å². The summed E-state index contributed by atoms with van der Waals surface area (Å²) in [5.41, 5.74) is 3.02. The molecule has 138 valence electrons. The van der Waals surface area contributed by atoms with Gasteiger partial charge in [-0.1, -0.05) is 24.3 Å². The number of imidazole rings is 1. The number of hydrogen-bond acceptors (Lipinski definition) is 2. The number of H-pyrrole nitrogens is 1. The van der Waals surface area contributed by atoms with Gasteiger partial charge in [0, 0.05) is 25.5 Å². The highest BCUT2D eigenvalue weighted by atomic mass is 19.4. The molecule has 27 heavy (non-hydrogen) atoms. The van der Waals surface area contributed by atoms with Crippen LogP contribution in [0.25, 0.3) is 11.1 Å². The van der Waals surface area contributed by atoms with Crippen LogP contribution in [-0.4, -0.2) is 27.3 Å². The minimum Gasteiger partial charge on any atom is -0.341 e. The molecule has 0 spiro atoms. The van der Waals surface area contributed by atoms with Gasteiger partial charge in [-0.3, -0.25) is 4.79 Å². The van der Waals surface area contributed by atoms with Crippen molar-refractivity contribution in [1.82, 2.24) is 14.9 Å². The Balaban J connectivity index is 1.58. The Bertz CT molecular complexity index is 963. The molecule has 7 heteroatoms. The average Bonchev–Trinajstić information content (AvgIpc) is 3.21. The van der Waals surface area contributed by atoms with E-state index < -0.39 is 11.7 Å². The van der Waals surface area contributed by atoms with Gasteiger partial charge in [-0.2, -0.15) is 13.2 Å². The van der Waals surface area contributed by atoms with Crippen LogP contribution in [0.2, 0.25) is 0 Å². The molecule has 0 saturated heterocycles. The first-order valence-electron chi connectivity index (χ1n) is 8.50. The monoisotopic (exact) mass is 371 g/mol. The third-order valence-electron chi connectivity index (χ3n) is 4.75. The maximum Gasteiger partial charge on any atom is 0.416 e. The average molecular weight is 371 g/mol. The van der Waals surface area contributed by atoms with E-state index in [4.69, 9.17) is 0 Å². The molecule has 4 rings (SSSR count). The normalized spacial score (nSPS) is 14.1. The Morgan fingerprint density at radius 1 is 1.04 bits per heavy atom. The SMILES string of the molecule is O=C(c1ncc[nH]1)N1CCc2ccc(-c3ccc(C(F)(F)F)cc3)cc2C1. The van der Waals surface area contributed by atoms with E-state index in [-0.39, 0.29) is 5.91 Å². The van der Waals surface area contributed by atoms with Gasteiger partial charge in [0.05, 0.1) is 5.56 Å². The first kappa shape index (κ1) is 17.3. The van der Waals surface area contributed by atoms with E-state index >= 15 is 0 Å². The molecule has 0 unspecified atom stereocenters. The predicted octanol–water partition coefficient (Wildman–Crippen LogP) is 4.29. The highest BCUT2D eigenvalue weighted by Crippen LogP contribution is 2.32. The number of nitrogens with one attached hydrogen (secondary N) is 1. The molecule has 4 nitrogen and oxygen atoms in total. The van der Waals surface area contributed by atoms with Crippen LogP contribution in [0.3, 0.4) is 0 Å². The van der Waals surface area contributed by atoms with Crippen LogP contribution in [0.15, 0.2) is 54.9 Å². The number of rotatable bonds is 2. The Morgan fingerprint density at radius 3 is 2.44 bits per heavy atom. The van der Waals surface area contributed by atoms with Gasteiger partial charge in [-0.15, -0.1) is 0 Å². The van der Waals surface area contributed by atoms with Crippen LogP contribution in [0, 0.1) is 0 Å². The molecule has 2 aromatic carbocycles. The Hall–Kier alpha value is -3.09. The lowest BCUT2D eigenvalue weighted by Gasteiger charge is -2.28. The predicted molar refractivity (Wildman–Crippen MR) is 93.9 cm³/mol. The van der Waals surface area contributed by atoms with E-state index in [1.54, 1.807) is 11.1 Å². The highest BCUT2D eigenvalue weighted by Gasteiger charge is 2.30. The van der Waals surface area contributed by atoms with Crippen LogP contribution in [0.1, 0.15) is 27.3 Å². The van der Waals surface area contributed by atoms with Crippen molar-refractivity contribution in [2.45, 2.75) is 19.1 Å². The van der Waals surface area contributed by atoms with E-state index in [2.05, 4.69) is 9.97 Å². The number of amides is 1. The largest absolute Gasteiger partial charge is 0.416 e. The van der Waals surface area contributed by atoms with Crippen LogP contribution in [0.5, 0.6) is 0 Å². The molecular formula is C20H16F3N3O. The van der Waals surface area contributed by atoms with E-state index in [0.717, 1.165) is 35.2 Å². The molecule has 1 amide bonds. The second kappa shape index (κ2) is 6.57. The number of halogens is 3. The van der Waals surface area contributed by atoms with Crippen molar-refractivity contribution in [3.05, 3.63) is 77.4 Å². The van der Waals surface area contributed by atoms with Crippen LogP contribution in [-0.2, 0) is 19.1 Å². The summed E-state index contributed by atoms with van der Waals surface area (Å²) in [4.78, 5) is 21.0. The Labute approximate surface area is 153 Å². The van der Waals surface area contributed by atoms with Crippen LogP contribution in [0.4, 0.5) is 13.2 Å². The topological polar surface area (TPSA) is 49.0 Å². The third-order valence-corrected chi connectivity index (χ3v) is 4.75. The number of alkyl halides is 3. The fourth-order valence-corrected chi connectivity index (χ4v) is 3.29. The van der Waals surface area contributed by atoms with Gasteiger partial charge in [-0.05, 0) is 46.9 Å². The third kappa shape index (κ3) is 3.45. The zero-order valence-electron chi connectivity index (χ0n) is 14.3. The van der Waals surface area contributed by atoms with Gasteiger partial charge in [0.1, 0.15) is 0 Å². The Kier molecular flexibility index (Phi) is 4.22. The van der Waals surface area contributed by atoms with Crippen molar-refractivity contribution in [3.63, 3.8) is 0 Å². The molecular weight excluding hydrogens is 355 g/mol. The summed E-state index contributed by atoms with van der Waals surface area (Å²) in [6.07, 6.45) is -0.474. The second-order valence-electron chi connectivity index (χ2n) is 6.47. The summed E-state index contributed by atoms with van der Waals surface area (Å²) in [5.74, 6) is 0.142. The highest BCUT2D eigenvalue weighted by molar-refractivity contribution is 5.90. The molecule has 1 aromatic heterocycles. The van der Waals surface area contributed by atoms with Crippen LogP contribution < -0.4 is 0 Å². The van der Waals surface area contributed by atoms with E-state index in [1.165, 1.54) is 18.3 Å².